The van der Waals surface area contributed by atoms with Crippen LogP contribution in [0.3, 0.4) is 0 Å². The molecular weight excluding hydrogens is 551 g/mol. The molecular formula is C35H30F3N3O2. The molecule has 1 aliphatic carbocycles. The molecule has 8 heteroatoms. The number of alkyl halides is 3. The number of benzene rings is 4. The van der Waals surface area contributed by atoms with E-state index in [0.717, 1.165) is 46.5 Å². The first-order chi connectivity index (χ1) is 20.7. The molecule has 5 aromatic rings. The average molecular weight is 582 g/mol. The summed E-state index contributed by atoms with van der Waals surface area (Å²) in [5.41, 5.74) is 5.64. The third-order valence-corrected chi connectivity index (χ3v) is 7.90. The second-order valence-electron chi connectivity index (χ2n) is 10.8. The topological polar surface area (TPSA) is 54.3 Å². The van der Waals surface area contributed by atoms with Crippen LogP contribution in [0.1, 0.15) is 52.7 Å². The zero-order valence-corrected chi connectivity index (χ0v) is 23.6. The number of fused-ring (bicyclic) bond motifs is 4. The number of aryl methyl sites for hydroxylation is 1. The minimum absolute atomic E-state index is 0.300. The van der Waals surface area contributed by atoms with E-state index in [9.17, 15) is 22.8 Å². The number of halogens is 3. The third-order valence-electron chi connectivity index (χ3n) is 7.90. The highest BCUT2D eigenvalue weighted by Crippen LogP contribution is 2.47. The molecule has 1 atom stereocenters. The van der Waals surface area contributed by atoms with E-state index in [2.05, 4.69) is 12.2 Å². The number of hydrogen-bond acceptors (Lipinski definition) is 2. The van der Waals surface area contributed by atoms with Gasteiger partial charge in [0.2, 0.25) is 0 Å². The highest BCUT2D eigenvalue weighted by Gasteiger charge is 2.42. The lowest BCUT2D eigenvalue weighted by atomic mass is 9.90. The van der Waals surface area contributed by atoms with E-state index in [0.29, 0.717) is 27.7 Å². The smallest absolute Gasteiger partial charge is 0.322 e. The number of unbranched alkanes of at least 4 members (excludes halogenated alkanes) is 1. The molecule has 2 amide bonds. The van der Waals surface area contributed by atoms with E-state index in [1.807, 2.05) is 48.5 Å². The molecule has 1 unspecified atom stereocenters. The quantitative estimate of drug-likeness (QED) is 0.201. The van der Waals surface area contributed by atoms with E-state index >= 15 is 0 Å². The van der Waals surface area contributed by atoms with Gasteiger partial charge in [0.25, 0.3) is 11.8 Å². The van der Waals surface area contributed by atoms with Crippen molar-refractivity contribution in [1.82, 2.24) is 4.68 Å². The maximum absolute atomic E-state index is 14.4. The number of rotatable bonds is 8. The van der Waals surface area contributed by atoms with Gasteiger partial charge < -0.3 is 5.32 Å². The monoisotopic (exact) mass is 581 g/mol. The van der Waals surface area contributed by atoms with Gasteiger partial charge >= 0.3 is 6.18 Å². The van der Waals surface area contributed by atoms with Crippen molar-refractivity contribution in [3.05, 3.63) is 126 Å². The standard InChI is InChI=1S/C35H30F3N3O2/c1-2-3-10-23-13-9-16-28-27-14-7-8-15-29(27)32(31(23)28)34(43)41(22-35(36,37)38)40-20-19-25-21-26(17-18-30(25)40)39-33(42)24-11-5-4-6-12-24/h4-9,11-21,32H,2-3,10,22H2,1H3,(H,39,42). The summed E-state index contributed by atoms with van der Waals surface area (Å²) >= 11 is 0. The van der Waals surface area contributed by atoms with Crippen molar-refractivity contribution >= 4 is 28.4 Å². The highest BCUT2D eigenvalue weighted by molar-refractivity contribution is 6.05. The van der Waals surface area contributed by atoms with Crippen molar-refractivity contribution in [3.8, 4) is 11.1 Å². The van der Waals surface area contributed by atoms with Gasteiger partial charge in [-0.1, -0.05) is 74.0 Å². The molecule has 1 aromatic heterocycles. The van der Waals surface area contributed by atoms with E-state index in [-0.39, 0.29) is 5.91 Å². The summed E-state index contributed by atoms with van der Waals surface area (Å²) in [5, 5.41) is 4.22. The third kappa shape index (κ3) is 5.52. The van der Waals surface area contributed by atoms with E-state index in [1.165, 1.54) is 10.9 Å². The minimum atomic E-state index is -4.64. The fraction of sp³-hybridized carbons (Fsp3) is 0.200. The van der Waals surface area contributed by atoms with Crippen LogP contribution in [0.4, 0.5) is 18.9 Å². The summed E-state index contributed by atoms with van der Waals surface area (Å²) in [7, 11) is 0. The van der Waals surface area contributed by atoms with E-state index in [1.54, 1.807) is 48.5 Å². The van der Waals surface area contributed by atoms with Gasteiger partial charge in [-0.3, -0.25) is 14.3 Å². The molecule has 5 nitrogen and oxygen atoms in total. The van der Waals surface area contributed by atoms with Gasteiger partial charge in [0.05, 0.1) is 11.4 Å². The Morgan fingerprint density at radius 1 is 0.884 bits per heavy atom. The second kappa shape index (κ2) is 11.4. The Morgan fingerprint density at radius 2 is 1.63 bits per heavy atom. The largest absolute Gasteiger partial charge is 0.408 e. The fourth-order valence-corrected chi connectivity index (χ4v) is 5.97. The zero-order valence-electron chi connectivity index (χ0n) is 23.6. The van der Waals surface area contributed by atoms with Gasteiger partial charge in [-0.15, -0.1) is 0 Å². The zero-order chi connectivity index (χ0) is 30.1. The lowest BCUT2D eigenvalue weighted by Gasteiger charge is -2.29. The Balaban J connectivity index is 1.40. The average Bonchev–Trinajstić information content (AvgIpc) is 3.58. The highest BCUT2D eigenvalue weighted by atomic mass is 19.4. The first-order valence-corrected chi connectivity index (χ1v) is 14.3. The Hall–Kier alpha value is -4.85. The number of nitrogens with zero attached hydrogens (tertiary/aromatic N) is 2. The van der Waals surface area contributed by atoms with Crippen LogP contribution in [0.25, 0.3) is 22.0 Å². The maximum atomic E-state index is 14.4. The summed E-state index contributed by atoms with van der Waals surface area (Å²) in [6.07, 6.45) is -0.565. The second-order valence-corrected chi connectivity index (χ2v) is 10.8. The van der Waals surface area contributed by atoms with Crippen LogP contribution in [-0.2, 0) is 11.2 Å². The molecule has 0 spiro atoms. The molecule has 1 aliphatic rings. The number of anilines is 1. The first-order valence-electron chi connectivity index (χ1n) is 14.3. The van der Waals surface area contributed by atoms with Crippen LogP contribution in [0.15, 0.2) is 103 Å². The van der Waals surface area contributed by atoms with E-state index < -0.39 is 24.5 Å². The number of amides is 2. The van der Waals surface area contributed by atoms with Crippen LogP contribution in [-0.4, -0.2) is 29.2 Å². The van der Waals surface area contributed by atoms with Crippen LogP contribution >= 0.6 is 0 Å². The van der Waals surface area contributed by atoms with Gasteiger partial charge in [0.15, 0.2) is 0 Å². The lowest BCUT2D eigenvalue weighted by molar-refractivity contribution is -0.136. The predicted octanol–water partition coefficient (Wildman–Crippen LogP) is 8.08. The normalized spacial score (nSPS) is 13.9. The Morgan fingerprint density at radius 3 is 2.40 bits per heavy atom. The Kier molecular flexibility index (Phi) is 7.52. The van der Waals surface area contributed by atoms with Crippen molar-refractivity contribution in [3.63, 3.8) is 0 Å². The summed E-state index contributed by atoms with van der Waals surface area (Å²) in [5.74, 6) is -1.82. The molecule has 0 aliphatic heterocycles. The number of nitrogens with one attached hydrogen (secondary N) is 1. The van der Waals surface area contributed by atoms with E-state index in [4.69, 9.17) is 0 Å². The number of carbonyl (C=O) groups is 2. The molecule has 0 fully saturated rings. The number of carbonyl (C=O) groups excluding carboxylic acids is 2. The summed E-state index contributed by atoms with van der Waals surface area (Å²) < 4.78 is 43.6. The maximum Gasteiger partial charge on any atom is 0.408 e. The van der Waals surface area contributed by atoms with Crippen LogP contribution in [0.5, 0.6) is 0 Å². The Labute approximate surface area is 247 Å². The van der Waals surface area contributed by atoms with Crippen molar-refractivity contribution in [2.75, 3.05) is 16.9 Å². The van der Waals surface area contributed by atoms with Crippen LogP contribution in [0, 0.1) is 0 Å². The molecule has 0 radical (unpaired) electrons. The fourth-order valence-electron chi connectivity index (χ4n) is 5.97. The van der Waals surface area contributed by atoms with Gasteiger partial charge in [-0.25, -0.2) is 5.01 Å². The molecule has 0 saturated heterocycles. The molecule has 218 valence electrons. The first kappa shape index (κ1) is 28.3. The molecule has 0 saturated carbocycles. The number of hydrogen-bond donors (Lipinski definition) is 1. The Bertz CT molecular complexity index is 1810. The molecule has 0 bridgehead atoms. The lowest BCUT2D eigenvalue weighted by Crippen LogP contribution is -2.48. The molecule has 1 N–H and O–H groups in total. The van der Waals surface area contributed by atoms with Crippen molar-refractivity contribution in [2.24, 2.45) is 0 Å². The van der Waals surface area contributed by atoms with Crippen molar-refractivity contribution in [2.45, 2.75) is 38.3 Å². The SMILES string of the molecule is CCCCc1cccc2c1C(C(=O)N(CC(F)(F)F)n1ccc3cc(NC(=O)c4ccccc4)ccc31)c1ccccc1-2. The summed E-state index contributed by atoms with van der Waals surface area (Å²) in [4.78, 5) is 27.1. The minimum Gasteiger partial charge on any atom is -0.322 e. The van der Waals surface area contributed by atoms with Gasteiger partial charge in [-0.05, 0) is 77.1 Å². The predicted molar refractivity (Wildman–Crippen MR) is 163 cm³/mol. The van der Waals surface area contributed by atoms with Gasteiger partial charge in [0, 0.05) is 22.8 Å². The molecule has 4 aromatic carbocycles. The van der Waals surface area contributed by atoms with Gasteiger partial charge in [-0.2, -0.15) is 13.2 Å². The van der Waals surface area contributed by atoms with Crippen molar-refractivity contribution < 1.29 is 22.8 Å². The molecule has 43 heavy (non-hydrogen) atoms. The van der Waals surface area contributed by atoms with Gasteiger partial charge in [0.1, 0.15) is 6.54 Å². The molecule has 6 rings (SSSR count). The molecule has 1 heterocycles. The van der Waals surface area contributed by atoms with Crippen LogP contribution in [0.2, 0.25) is 0 Å². The number of aromatic nitrogens is 1. The van der Waals surface area contributed by atoms with Crippen molar-refractivity contribution in [1.29, 1.82) is 0 Å². The van der Waals surface area contributed by atoms with Crippen LogP contribution < -0.4 is 10.3 Å². The summed E-state index contributed by atoms with van der Waals surface area (Å²) in [6, 6.07) is 28.6. The summed E-state index contributed by atoms with van der Waals surface area (Å²) in [6.45, 7) is 0.633.